The van der Waals surface area contributed by atoms with E-state index in [1.165, 1.54) is 6.20 Å². The van der Waals surface area contributed by atoms with E-state index in [0.717, 1.165) is 12.1 Å². The van der Waals surface area contributed by atoms with Crippen molar-refractivity contribution >= 4 is 26.6 Å². The standard InChI is InChI=1S/C16H16F5N3O2S/c17-11-7-12-14(1-4-22-15(12)13(18)8-11)23-9-10-2-5-24(6-3-10)27(25,26)16(19,20)21/h1,4,7-8,10H,2-3,5-6,9H2,(H,22,23). The molecule has 0 spiro atoms. The van der Waals surface area contributed by atoms with Gasteiger partial charge in [-0.05, 0) is 30.9 Å². The molecule has 0 bridgehead atoms. The van der Waals surface area contributed by atoms with E-state index in [1.54, 1.807) is 6.07 Å². The van der Waals surface area contributed by atoms with Crippen LogP contribution in [0.4, 0.5) is 27.6 Å². The first kappa shape index (κ1) is 19.7. The van der Waals surface area contributed by atoms with E-state index in [4.69, 9.17) is 0 Å². The lowest BCUT2D eigenvalue weighted by Crippen LogP contribution is -2.45. The van der Waals surface area contributed by atoms with Gasteiger partial charge < -0.3 is 5.32 Å². The lowest BCUT2D eigenvalue weighted by atomic mass is 9.98. The summed E-state index contributed by atoms with van der Waals surface area (Å²) in [6, 6.07) is 3.42. The molecule has 148 valence electrons. The molecule has 3 rings (SSSR count). The minimum atomic E-state index is -5.31. The third-order valence-electron chi connectivity index (χ3n) is 4.55. The Hall–Kier alpha value is -2.01. The molecule has 1 aliphatic heterocycles. The molecule has 5 nitrogen and oxygen atoms in total. The molecule has 0 radical (unpaired) electrons. The van der Waals surface area contributed by atoms with E-state index in [9.17, 15) is 30.4 Å². The molecule has 11 heteroatoms. The summed E-state index contributed by atoms with van der Waals surface area (Å²) in [6.07, 6.45) is 1.85. The van der Waals surface area contributed by atoms with Crippen molar-refractivity contribution in [3.05, 3.63) is 36.0 Å². The maximum Gasteiger partial charge on any atom is 0.511 e. The third kappa shape index (κ3) is 3.98. The van der Waals surface area contributed by atoms with Crippen LogP contribution in [-0.2, 0) is 10.0 Å². The predicted molar refractivity (Wildman–Crippen MR) is 89.4 cm³/mol. The molecule has 1 N–H and O–H groups in total. The van der Waals surface area contributed by atoms with Crippen molar-refractivity contribution in [1.29, 1.82) is 0 Å². The van der Waals surface area contributed by atoms with E-state index in [2.05, 4.69) is 10.3 Å². The smallest absolute Gasteiger partial charge is 0.384 e. The number of anilines is 1. The van der Waals surface area contributed by atoms with Gasteiger partial charge in [-0.15, -0.1) is 0 Å². The monoisotopic (exact) mass is 409 g/mol. The Balaban J connectivity index is 1.66. The average Bonchev–Trinajstić information content (AvgIpc) is 2.59. The number of nitrogens with zero attached hydrogens (tertiary/aromatic N) is 2. The summed E-state index contributed by atoms with van der Waals surface area (Å²) in [5.41, 5.74) is -4.85. The quantitative estimate of drug-likeness (QED) is 0.786. The summed E-state index contributed by atoms with van der Waals surface area (Å²) in [5, 5.41) is 3.29. The number of rotatable bonds is 4. The van der Waals surface area contributed by atoms with Gasteiger partial charge in [0.2, 0.25) is 0 Å². The minimum Gasteiger partial charge on any atom is -0.384 e. The second-order valence-corrected chi connectivity index (χ2v) is 8.25. The van der Waals surface area contributed by atoms with Gasteiger partial charge in [0.25, 0.3) is 0 Å². The molecule has 0 aliphatic carbocycles. The van der Waals surface area contributed by atoms with Gasteiger partial charge >= 0.3 is 15.5 Å². The number of sulfonamides is 1. The SMILES string of the molecule is O=S(=O)(N1CCC(CNc2ccnc3c(F)cc(F)cc23)CC1)C(F)(F)F. The molecule has 1 saturated heterocycles. The van der Waals surface area contributed by atoms with Gasteiger partial charge in [0.05, 0.1) is 0 Å². The number of piperidine rings is 1. The van der Waals surface area contributed by atoms with Crippen molar-refractivity contribution in [2.45, 2.75) is 18.3 Å². The second-order valence-electron chi connectivity index (χ2n) is 6.32. The zero-order valence-corrected chi connectivity index (χ0v) is 14.7. The second kappa shape index (κ2) is 7.19. The van der Waals surface area contributed by atoms with Crippen molar-refractivity contribution in [1.82, 2.24) is 9.29 Å². The fourth-order valence-corrected chi connectivity index (χ4v) is 4.07. The number of halogens is 5. The summed E-state index contributed by atoms with van der Waals surface area (Å²) < 4.78 is 88.3. The molecule has 1 aromatic heterocycles. The van der Waals surface area contributed by atoms with Crippen LogP contribution in [0, 0.1) is 17.6 Å². The zero-order valence-electron chi connectivity index (χ0n) is 13.9. The van der Waals surface area contributed by atoms with Gasteiger partial charge in [-0.2, -0.15) is 17.5 Å². The van der Waals surface area contributed by atoms with Crippen molar-refractivity contribution in [2.24, 2.45) is 5.92 Å². The van der Waals surface area contributed by atoms with Crippen molar-refractivity contribution in [3.63, 3.8) is 0 Å². The first-order valence-corrected chi connectivity index (χ1v) is 9.57. The maximum absolute atomic E-state index is 13.8. The van der Waals surface area contributed by atoms with Crippen LogP contribution < -0.4 is 5.32 Å². The van der Waals surface area contributed by atoms with Crippen molar-refractivity contribution in [2.75, 3.05) is 25.0 Å². The van der Waals surface area contributed by atoms with Crippen LogP contribution >= 0.6 is 0 Å². The third-order valence-corrected chi connectivity index (χ3v) is 6.18. The zero-order chi connectivity index (χ0) is 19.8. The lowest BCUT2D eigenvalue weighted by Gasteiger charge is -2.31. The Bertz CT molecular complexity index is 941. The minimum absolute atomic E-state index is 0.00694. The Labute approximate surface area is 152 Å². The van der Waals surface area contributed by atoms with Gasteiger partial charge in [-0.1, -0.05) is 0 Å². The lowest BCUT2D eigenvalue weighted by molar-refractivity contribution is -0.0496. The number of aromatic nitrogens is 1. The number of benzene rings is 1. The molecule has 0 saturated carbocycles. The van der Waals surface area contributed by atoms with Crippen LogP contribution in [0.3, 0.4) is 0 Å². The van der Waals surface area contributed by atoms with Crippen LogP contribution in [0.15, 0.2) is 24.4 Å². The Kier molecular flexibility index (Phi) is 5.26. The topological polar surface area (TPSA) is 62.3 Å². The molecule has 1 fully saturated rings. The van der Waals surface area contributed by atoms with Crippen LogP contribution in [0.25, 0.3) is 10.9 Å². The first-order valence-electron chi connectivity index (χ1n) is 8.13. The van der Waals surface area contributed by atoms with E-state index in [0.29, 0.717) is 16.5 Å². The van der Waals surface area contributed by atoms with Gasteiger partial charge in [0, 0.05) is 43.0 Å². The summed E-state index contributed by atoms with van der Waals surface area (Å²) in [5.74, 6) is -1.62. The Morgan fingerprint density at radius 1 is 1.19 bits per heavy atom. The van der Waals surface area contributed by atoms with Gasteiger partial charge in [0.15, 0.2) is 5.82 Å². The molecule has 0 amide bonds. The molecule has 1 aliphatic rings. The van der Waals surface area contributed by atoms with E-state index >= 15 is 0 Å². The molecule has 0 unspecified atom stereocenters. The number of hydrogen-bond acceptors (Lipinski definition) is 4. The summed E-state index contributed by atoms with van der Waals surface area (Å²) in [6.45, 7) is -0.125. The highest BCUT2D eigenvalue weighted by molar-refractivity contribution is 7.90. The number of fused-ring (bicyclic) bond motifs is 1. The molecule has 1 aromatic carbocycles. The normalized spacial score (nSPS) is 17.4. The van der Waals surface area contributed by atoms with Crippen molar-refractivity contribution in [3.8, 4) is 0 Å². The van der Waals surface area contributed by atoms with Crippen LogP contribution in [-0.4, -0.2) is 42.8 Å². The largest absolute Gasteiger partial charge is 0.511 e. The van der Waals surface area contributed by atoms with Gasteiger partial charge in [0.1, 0.15) is 11.3 Å². The Morgan fingerprint density at radius 3 is 2.48 bits per heavy atom. The van der Waals surface area contributed by atoms with E-state index in [-0.39, 0.29) is 42.8 Å². The summed E-state index contributed by atoms with van der Waals surface area (Å²) in [7, 11) is -5.31. The molecule has 2 aromatic rings. The number of alkyl halides is 3. The first-order chi connectivity index (χ1) is 12.6. The van der Waals surface area contributed by atoms with E-state index in [1.807, 2.05) is 0 Å². The highest BCUT2D eigenvalue weighted by atomic mass is 32.2. The molecule has 27 heavy (non-hydrogen) atoms. The van der Waals surface area contributed by atoms with Crippen molar-refractivity contribution < 1.29 is 30.4 Å². The maximum atomic E-state index is 13.8. The predicted octanol–water partition coefficient (Wildman–Crippen LogP) is 3.49. The molecular weight excluding hydrogens is 393 g/mol. The summed E-state index contributed by atoms with van der Waals surface area (Å²) in [4.78, 5) is 3.88. The fraction of sp³-hybridized carbons (Fsp3) is 0.438. The highest BCUT2D eigenvalue weighted by Gasteiger charge is 2.50. The molecular formula is C16H16F5N3O2S. The molecule has 2 heterocycles. The number of hydrogen-bond donors (Lipinski definition) is 1. The molecule has 0 atom stereocenters. The van der Waals surface area contributed by atoms with Crippen LogP contribution in [0.5, 0.6) is 0 Å². The summed E-state index contributed by atoms with van der Waals surface area (Å²) >= 11 is 0. The van der Waals surface area contributed by atoms with Crippen LogP contribution in [0.2, 0.25) is 0 Å². The fourth-order valence-electron chi connectivity index (χ4n) is 3.09. The number of nitrogens with one attached hydrogen (secondary N) is 1. The number of pyridine rings is 1. The Morgan fingerprint density at radius 2 is 1.85 bits per heavy atom. The van der Waals surface area contributed by atoms with E-state index < -0.39 is 27.2 Å². The average molecular weight is 409 g/mol. The van der Waals surface area contributed by atoms with Crippen LogP contribution in [0.1, 0.15) is 12.8 Å². The highest BCUT2D eigenvalue weighted by Crippen LogP contribution is 2.31. The van der Waals surface area contributed by atoms with Gasteiger partial charge in [-0.25, -0.2) is 17.2 Å². The van der Waals surface area contributed by atoms with Gasteiger partial charge in [-0.3, -0.25) is 4.98 Å².